The lowest BCUT2D eigenvalue weighted by atomic mass is 9.86. The first kappa shape index (κ1) is 13.8. The van der Waals surface area contributed by atoms with Crippen LogP contribution in [0.3, 0.4) is 0 Å². The highest BCUT2D eigenvalue weighted by molar-refractivity contribution is 4.79. The molecule has 0 aromatic rings. The van der Waals surface area contributed by atoms with Crippen molar-refractivity contribution in [2.45, 2.75) is 44.8 Å². The van der Waals surface area contributed by atoms with Crippen molar-refractivity contribution in [3.05, 3.63) is 0 Å². The van der Waals surface area contributed by atoms with Crippen molar-refractivity contribution >= 4 is 0 Å². The molecule has 0 bridgehead atoms. The van der Waals surface area contributed by atoms with Crippen LogP contribution in [0.1, 0.15) is 32.6 Å². The molecule has 0 aromatic heterocycles. The second-order valence-electron chi connectivity index (χ2n) is 4.72. The normalized spacial score (nSPS) is 27.4. The number of rotatable bonds is 4. The van der Waals surface area contributed by atoms with Crippen LogP contribution in [0.4, 0.5) is 13.2 Å². The number of aliphatic hydroxyl groups is 1. The first-order valence-corrected chi connectivity index (χ1v) is 5.84. The van der Waals surface area contributed by atoms with E-state index in [4.69, 9.17) is 5.11 Å². The highest BCUT2D eigenvalue weighted by Gasteiger charge is 2.34. The third-order valence-corrected chi connectivity index (χ3v) is 3.27. The van der Waals surface area contributed by atoms with Crippen molar-refractivity contribution in [3.8, 4) is 0 Å². The van der Waals surface area contributed by atoms with Crippen molar-refractivity contribution in [2.24, 2.45) is 5.92 Å². The number of halogens is 3. The largest absolute Gasteiger partial charge is 0.401 e. The van der Waals surface area contributed by atoms with Gasteiger partial charge in [-0.05, 0) is 31.6 Å². The Kier molecular flexibility index (Phi) is 5.05. The lowest BCUT2D eigenvalue weighted by Crippen LogP contribution is -2.44. The van der Waals surface area contributed by atoms with Crippen LogP contribution >= 0.6 is 0 Å². The molecule has 0 spiro atoms. The van der Waals surface area contributed by atoms with Gasteiger partial charge in [0, 0.05) is 12.6 Å². The summed E-state index contributed by atoms with van der Waals surface area (Å²) in [5.74, 6) is 0.623. The van der Waals surface area contributed by atoms with Crippen molar-refractivity contribution in [3.63, 3.8) is 0 Å². The van der Waals surface area contributed by atoms with Crippen LogP contribution in [0.15, 0.2) is 0 Å². The molecule has 0 atom stereocenters. The van der Waals surface area contributed by atoms with E-state index < -0.39 is 12.7 Å². The Bertz CT molecular complexity index is 200. The number of hydrogen-bond donors (Lipinski definition) is 1. The van der Waals surface area contributed by atoms with Gasteiger partial charge >= 0.3 is 6.18 Å². The second kappa shape index (κ2) is 5.87. The number of nitrogens with zero attached hydrogens (tertiary/aromatic N) is 1. The summed E-state index contributed by atoms with van der Waals surface area (Å²) in [6.07, 6.45) is -0.554. The molecular formula is C11H20F3NO. The highest BCUT2D eigenvalue weighted by atomic mass is 19.4. The SMILES string of the molecule is CC1CCC(N(CCO)CC(F)(F)F)CC1. The Morgan fingerprint density at radius 3 is 2.19 bits per heavy atom. The Hall–Kier alpha value is -0.290. The van der Waals surface area contributed by atoms with E-state index in [2.05, 4.69) is 6.92 Å². The Morgan fingerprint density at radius 2 is 1.75 bits per heavy atom. The molecule has 0 unspecified atom stereocenters. The first-order valence-electron chi connectivity index (χ1n) is 5.84. The van der Waals surface area contributed by atoms with Crippen molar-refractivity contribution in [1.82, 2.24) is 4.90 Å². The van der Waals surface area contributed by atoms with E-state index in [9.17, 15) is 13.2 Å². The fraction of sp³-hybridized carbons (Fsp3) is 1.00. The Balaban J connectivity index is 2.49. The molecule has 1 aliphatic rings. The molecule has 1 N–H and O–H groups in total. The average molecular weight is 239 g/mol. The van der Waals surface area contributed by atoms with Gasteiger partial charge in [-0.3, -0.25) is 4.90 Å². The molecular weight excluding hydrogens is 219 g/mol. The van der Waals surface area contributed by atoms with Crippen molar-refractivity contribution in [1.29, 1.82) is 0 Å². The molecule has 1 fully saturated rings. The predicted octanol–water partition coefficient (Wildman–Crippen LogP) is 2.42. The zero-order valence-corrected chi connectivity index (χ0v) is 9.63. The van der Waals surface area contributed by atoms with E-state index in [0.29, 0.717) is 5.92 Å². The first-order chi connectivity index (χ1) is 7.42. The Morgan fingerprint density at radius 1 is 1.19 bits per heavy atom. The van der Waals surface area contributed by atoms with Gasteiger partial charge in [-0.1, -0.05) is 6.92 Å². The lowest BCUT2D eigenvalue weighted by molar-refractivity contribution is -0.153. The minimum Gasteiger partial charge on any atom is -0.395 e. The van der Waals surface area contributed by atoms with Gasteiger partial charge in [0.05, 0.1) is 13.2 Å². The summed E-state index contributed by atoms with van der Waals surface area (Å²) in [7, 11) is 0. The summed E-state index contributed by atoms with van der Waals surface area (Å²) in [6, 6.07) is -0.00928. The van der Waals surface area contributed by atoms with Gasteiger partial charge in [0.1, 0.15) is 0 Å². The minimum absolute atomic E-state index is 0.00928. The van der Waals surface area contributed by atoms with E-state index in [0.717, 1.165) is 25.7 Å². The summed E-state index contributed by atoms with van der Waals surface area (Å²) in [5, 5.41) is 8.81. The highest BCUT2D eigenvalue weighted by Crippen LogP contribution is 2.29. The molecule has 2 nitrogen and oxygen atoms in total. The van der Waals surface area contributed by atoms with Crippen LogP contribution in [0.5, 0.6) is 0 Å². The van der Waals surface area contributed by atoms with Crippen LogP contribution in [0.2, 0.25) is 0 Å². The fourth-order valence-electron chi connectivity index (χ4n) is 2.36. The van der Waals surface area contributed by atoms with E-state index in [1.54, 1.807) is 0 Å². The number of aliphatic hydroxyl groups excluding tert-OH is 1. The molecule has 96 valence electrons. The molecule has 5 heteroatoms. The maximum atomic E-state index is 12.3. The van der Waals surface area contributed by atoms with Crippen LogP contribution in [0, 0.1) is 5.92 Å². The summed E-state index contributed by atoms with van der Waals surface area (Å²) >= 11 is 0. The van der Waals surface area contributed by atoms with E-state index >= 15 is 0 Å². The van der Waals surface area contributed by atoms with Gasteiger partial charge in [0.2, 0.25) is 0 Å². The molecule has 0 heterocycles. The summed E-state index contributed by atoms with van der Waals surface area (Å²) in [6.45, 7) is 1.16. The fourth-order valence-corrected chi connectivity index (χ4v) is 2.36. The number of hydrogen-bond acceptors (Lipinski definition) is 2. The zero-order chi connectivity index (χ0) is 12.2. The van der Waals surface area contributed by atoms with Gasteiger partial charge in [0.25, 0.3) is 0 Å². The van der Waals surface area contributed by atoms with Crippen LogP contribution in [-0.2, 0) is 0 Å². The quantitative estimate of drug-likeness (QED) is 0.814. The monoisotopic (exact) mass is 239 g/mol. The van der Waals surface area contributed by atoms with Gasteiger partial charge in [-0.25, -0.2) is 0 Å². The molecule has 1 aliphatic carbocycles. The lowest BCUT2D eigenvalue weighted by Gasteiger charge is -2.36. The second-order valence-corrected chi connectivity index (χ2v) is 4.72. The van der Waals surface area contributed by atoms with Gasteiger partial charge in [-0.2, -0.15) is 13.2 Å². The summed E-state index contributed by atoms with van der Waals surface area (Å²) in [5.41, 5.74) is 0. The van der Waals surface area contributed by atoms with Crippen LogP contribution in [0.25, 0.3) is 0 Å². The molecule has 0 aliphatic heterocycles. The molecule has 0 radical (unpaired) electrons. The van der Waals surface area contributed by atoms with Crippen LogP contribution < -0.4 is 0 Å². The third-order valence-electron chi connectivity index (χ3n) is 3.27. The maximum Gasteiger partial charge on any atom is 0.401 e. The molecule has 0 amide bonds. The molecule has 1 saturated carbocycles. The molecule has 16 heavy (non-hydrogen) atoms. The van der Waals surface area contributed by atoms with Gasteiger partial charge in [0.15, 0.2) is 0 Å². The topological polar surface area (TPSA) is 23.5 Å². The zero-order valence-electron chi connectivity index (χ0n) is 9.63. The predicted molar refractivity (Wildman–Crippen MR) is 56.1 cm³/mol. The van der Waals surface area contributed by atoms with E-state index in [-0.39, 0.29) is 19.2 Å². The van der Waals surface area contributed by atoms with Gasteiger partial charge < -0.3 is 5.11 Å². The van der Waals surface area contributed by atoms with E-state index in [1.165, 1.54) is 4.90 Å². The minimum atomic E-state index is -4.17. The van der Waals surface area contributed by atoms with Crippen LogP contribution in [-0.4, -0.2) is 41.9 Å². The van der Waals surface area contributed by atoms with Gasteiger partial charge in [-0.15, -0.1) is 0 Å². The number of alkyl halides is 3. The summed E-state index contributed by atoms with van der Waals surface area (Å²) < 4.78 is 37.0. The standard InChI is InChI=1S/C11H20F3NO/c1-9-2-4-10(5-3-9)15(6-7-16)8-11(12,13)14/h9-10,16H,2-8H2,1H3. The Labute approximate surface area is 94.4 Å². The summed E-state index contributed by atoms with van der Waals surface area (Å²) in [4.78, 5) is 1.38. The molecule has 0 saturated heterocycles. The van der Waals surface area contributed by atoms with Crippen molar-refractivity contribution in [2.75, 3.05) is 19.7 Å². The van der Waals surface area contributed by atoms with Crippen molar-refractivity contribution < 1.29 is 18.3 Å². The third kappa shape index (κ3) is 4.70. The molecule has 0 aromatic carbocycles. The van der Waals surface area contributed by atoms with E-state index in [1.807, 2.05) is 0 Å². The maximum absolute atomic E-state index is 12.3. The molecule has 1 rings (SSSR count). The average Bonchev–Trinajstić information content (AvgIpc) is 2.16. The smallest absolute Gasteiger partial charge is 0.395 e.